The molecule has 2 aromatic heterocycles. The first-order chi connectivity index (χ1) is 10.9. The van der Waals surface area contributed by atoms with E-state index >= 15 is 0 Å². The van der Waals surface area contributed by atoms with E-state index in [1.54, 1.807) is 0 Å². The molecular weight excluding hydrogens is 331 g/mol. The van der Waals surface area contributed by atoms with Crippen LogP contribution in [0.25, 0.3) is 10.2 Å². The highest BCUT2D eigenvalue weighted by Gasteiger charge is 2.31. The van der Waals surface area contributed by atoms with Crippen LogP contribution >= 0.6 is 11.3 Å². The minimum atomic E-state index is -4.75. The van der Waals surface area contributed by atoms with Gasteiger partial charge in [0.1, 0.15) is 5.75 Å². The number of aromatic nitrogens is 2. The molecule has 9 heteroatoms. The summed E-state index contributed by atoms with van der Waals surface area (Å²) in [4.78, 5) is 20.0. The maximum absolute atomic E-state index is 12.2. The van der Waals surface area contributed by atoms with Crippen LogP contribution in [0.15, 0.2) is 42.7 Å². The molecule has 0 aliphatic heterocycles. The minimum Gasteiger partial charge on any atom is -0.406 e. The van der Waals surface area contributed by atoms with Crippen molar-refractivity contribution in [3.05, 3.63) is 48.3 Å². The third-order valence-corrected chi connectivity index (χ3v) is 3.69. The Kier molecular flexibility index (Phi) is 3.87. The van der Waals surface area contributed by atoms with Crippen molar-refractivity contribution in [1.29, 1.82) is 0 Å². The second-order valence-electron chi connectivity index (χ2n) is 4.39. The summed E-state index contributed by atoms with van der Waals surface area (Å²) in [6, 6.07) is 6.87. The summed E-state index contributed by atoms with van der Waals surface area (Å²) in [6.07, 6.45) is -1.79. The van der Waals surface area contributed by atoms with Crippen molar-refractivity contribution in [2.24, 2.45) is 0 Å². The van der Waals surface area contributed by atoms with E-state index in [1.807, 2.05) is 0 Å². The summed E-state index contributed by atoms with van der Waals surface area (Å²) in [7, 11) is 0. The quantitative estimate of drug-likeness (QED) is 0.787. The monoisotopic (exact) mass is 339 g/mol. The normalized spacial score (nSPS) is 11.4. The number of nitrogens with zero attached hydrogens (tertiary/aromatic N) is 2. The van der Waals surface area contributed by atoms with Crippen LogP contribution in [0.1, 0.15) is 10.4 Å². The fraction of sp³-hybridized carbons (Fsp3) is 0.0714. The number of ether oxygens (including phenoxy) is 1. The minimum absolute atomic E-state index is 0.283. The molecule has 0 aliphatic rings. The maximum atomic E-state index is 12.2. The lowest BCUT2D eigenvalue weighted by Gasteiger charge is -2.07. The van der Waals surface area contributed by atoms with Crippen LogP contribution in [0.5, 0.6) is 5.75 Å². The van der Waals surface area contributed by atoms with E-state index in [9.17, 15) is 18.0 Å². The van der Waals surface area contributed by atoms with Crippen LogP contribution < -0.4 is 10.1 Å². The molecule has 0 spiro atoms. The van der Waals surface area contributed by atoms with Gasteiger partial charge in [0.15, 0.2) is 5.13 Å². The number of nitrogens with one attached hydrogen (secondary N) is 1. The SMILES string of the molecule is O=C(Nc1nc2ccc(OC(F)(F)F)cc2s1)c1ccncc1. The number of hydrogen-bond donors (Lipinski definition) is 1. The number of carbonyl (C=O) groups excluding carboxylic acids is 1. The number of halogens is 3. The molecule has 0 unspecified atom stereocenters. The smallest absolute Gasteiger partial charge is 0.406 e. The number of benzene rings is 1. The molecule has 1 aromatic carbocycles. The number of carbonyl (C=O) groups is 1. The second kappa shape index (κ2) is 5.84. The van der Waals surface area contributed by atoms with Crippen molar-refractivity contribution in [3.63, 3.8) is 0 Å². The van der Waals surface area contributed by atoms with Gasteiger partial charge in [0.05, 0.1) is 10.2 Å². The van der Waals surface area contributed by atoms with Crippen LogP contribution in [0.4, 0.5) is 18.3 Å². The Morgan fingerprint density at radius 1 is 1.17 bits per heavy atom. The maximum Gasteiger partial charge on any atom is 0.573 e. The predicted molar refractivity (Wildman–Crippen MR) is 78.5 cm³/mol. The zero-order valence-electron chi connectivity index (χ0n) is 11.3. The van der Waals surface area contributed by atoms with Gasteiger partial charge in [0, 0.05) is 24.0 Å². The van der Waals surface area contributed by atoms with E-state index in [0.29, 0.717) is 15.8 Å². The van der Waals surface area contributed by atoms with Crippen LogP contribution in [0.3, 0.4) is 0 Å². The van der Waals surface area contributed by atoms with Crippen molar-refractivity contribution in [2.75, 3.05) is 5.32 Å². The highest BCUT2D eigenvalue weighted by Crippen LogP contribution is 2.31. The first-order valence-electron chi connectivity index (χ1n) is 6.28. The van der Waals surface area contributed by atoms with Crippen LogP contribution in [0, 0.1) is 0 Å². The van der Waals surface area contributed by atoms with E-state index < -0.39 is 6.36 Å². The Morgan fingerprint density at radius 2 is 1.91 bits per heavy atom. The molecule has 0 fully saturated rings. The van der Waals surface area contributed by atoms with Gasteiger partial charge in [0.25, 0.3) is 5.91 Å². The van der Waals surface area contributed by atoms with Gasteiger partial charge in [-0.15, -0.1) is 13.2 Å². The lowest BCUT2D eigenvalue weighted by molar-refractivity contribution is -0.274. The summed E-state index contributed by atoms with van der Waals surface area (Å²) in [6.45, 7) is 0. The standard InChI is InChI=1S/C14H8F3N3O2S/c15-14(16,17)22-9-1-2-10-11(7-9)23-13(19-10)20-12(21)8-3-5-18-6-4-8/h1-7H,(H,19,20,21). The number of anilines is 1. The molecular formula is C14H8F3N3O2S. The van der Waals surface area contributed by atoms with Gasteiger partial charge in [-0.2, -0.15) is 0 Å². The third-order valence-electron chi connectivity index (χ3n) is 2.76. The van der Waals surface area contributed by atoms with Crippen molar-refractivity contribution in [1.82, 2.24) is 9.97 Å². The highest BCUT2D eigenvalue weighted by molar-refractivity contribution is 7.22. The van der Waals surface area contributed by atoms with Gasteiger partial charge in [-0.1, -0.05) is 11.3 Å². The van der Waals surface area contributed by atoms with Crippen molar-refractivity contribution in [2.45, 2.75) is 6.36 Å². The fourth-order valence-corrected chi connectivity index (χ4v) is 2.72. The highest BCUT2D eigenvalue weighted by atomic mass is 32.1. The summed E-state index contributed by atoms with van der Waals surface area (Å²) in [5.41, 5.74) is 0.870. The number of hydrogen-bond acceptors (Lipinski definition) is 5. The van der Waals surface area contributed by atoms with Gasteiger partial charge >= 0.3 is 6.36 Å². The second-order valence-corrected chi connectivity index (χ2v) is 5.42. The Labute approximate surface area is 131 Å². The molecule has 3 rings (SSSR count). The molecule has 0 aliphatic carbocycles. The summed E-state index contributed by atoms with van der Waals surface area (Å²) >= 11 is 1.05. The van der Waals surface area contributed by atoms with E-state index in [4.69, 9.17) is 0 Å². The number of pyridine rings is 1. The predicted octanol–water partition coefficient (Wildman–Crippen LogP) is 3.84. The fourth-order valence-electron chi connectivity index (χ4n) is 1.83. The van der Waals surface area contributed by atoms with E-state index in [1.165, 1.54) is 42.7 Å². The molecule has 0 bridgehead atoms. The van der Waals surface area contributed by atoms with Crippen LogP contribution in [0.2, 0.25) is 0 Å². The van der Waals surface area contributed by atoms with Crippen molar-refractivity contribution >= 4 is 32.6 Å². The van der Waals surface area contributed by atoms with Crippen LogP contribution in [-0.4, -0.2) is 22.2 Å². The Morgan fingerprint density at radius 3 is 2.61 bits per heavy atom. The molecule has 0 radical (unpaired) electrons. The van der Waals surface area contributed by atoms with Gasteiger partial charge in [0.2, 0.25) is 0 Å². The van der Waals surface area contributed by atoms with Crippen molar-refractivity contribution in [3.8, 4) is 5.75 Å². The molecule has 5 nitrogen and oxygen atoms in total. The Bertz CT molecular complexity index is 849. The first-order valence-corrected chi connectivity index (χ1v) is 7.10. The average Bonchev–Trinajstić information content (AvgIpc) is 2.88. The first kappa shape index (κ1) is 15.2. The van der Waals surface area contributed by atoms with Gasteiger partial charge < -0.3 is 4.74 Å². The van der Waals surface area contributed by atoms with Crippen molar-refractivity contribution < 1.29 is 22.7 Å². The summed E-state index contributed by atoms with van der Waals surface area (Å²) in [5.74, 6) is -0.709. The summed E-state index contributed by atoms with van der Waals surface area (Å²) < 4.78 is 41.0. The number of amides is 1. The molecule has 0 saturated carbocycles. The molecule has 118 valence electrons. The van der Waals surface area contributed by atoms with E-state index in [-0.39, 0.29) is 16.8 Å². The Balaban J connectivity index is 1.81. The molecule has 2 heterocycles. The van der Waals surface area contributed by atoms with Gasteiger partial charge in [-0.25, -0.2) is 4.98 Å². The molecule has 0 saturated heterocycles. The zero-order valence-corrected chi connectivity index (χ0v) is 12.1. The van der Waals surface area contributed by atoms with Crippen LogP contribution in [-0.2, 0) is 0 Å². The Hall–Kier alpha value is -2.68. The molecule has 0 atom stereocenters. The number of rotatable bonds is 3. The van der Waals surface area contributed by atoms with E-state index in [0.717, 1.165) is 11.3 Å². The largest absolute Gasteiger partial charge is 0.573 e. The molecule has 23 heavy (non-hydrogen) atoms. The topological polar surface area (TPSA) is 64.1 Å². The third kappa shape index (κ3) is 3.75. The zero-order chi connectivity index (χ0) is 16.4. The molecule has 1 amide bonds. The van der Waals surface area contributed by atoms with Gasteiger partial charge in [-0.3, -0.25) is 15.1 Å². The molecule has 3 aromatic rings. The number of fused-ring (bicyclic) bond motifs is 1. The lowest BCUT2D eigenvalue weighted by atomic mass is 10.2. The summed E-state index contributed by atoms with van der Waals surface area (Å²) in [5, 5.41) is 2.88. The van der Waals surface area contributed by atoms with E-state index in [2.05, 4.69) is 20.0 Å². The number of thiazole rings is 1. The average molecular weight is 339 g/mol. The lowest BCUT2D eigenvalue weighted by Crippen LogP contribution is -2.16. The van der Waals surface area contributed by atoms with Gasteiger partial charge in [-0.05, 0) is 24.3 Å². The number of alkyl halides is 3. The molecule has 1 N–H and O–H groups in total.